The molecule has 1 spiro atoms. The highest BCUT2D eigenvalue weighted by molar-refractivity contribution is 9.10. The summed E-state index contributed by atoms with van der Waals surface area (Å²) < 4.78 is 12.8. The van der Waals surface area contributed by atoms with Gasteiger partial charge in [0, 0.05) is 22.9 Å². The maximum absolute atomic E-state index is 11.0. The number of nitrogens with one attached hydrogen (secondary N) is 1. The molecule has 1 aliphatic carbocycles. The molecule has 1 aromatic carbocycles. The van der Waals surface area contributed by atoms with Gasteiger partial charge < -0.3 is 14.6 Å². The smallest absolute Gasteiger partial charge is 0.353 e. The van der Waals surface area contributed by atoms with Crippen LogP contribution in [-0.4, -0.2) is 27.1 Å². The number of benzene rings is 1. The molecule has 6 nitrogen and oxygen atoms in total. The summed E-state index contributed by atoms with van der Waals surface area (Å²) in [5.74, 6) is -0.162. The second-order valence-electron chi connectivity index (χ2n) is 5.57. The molecule has 0 amide bonds. The van der Waals surface area contributed by atoms with Gasteiger partial charge in [0.2, 0.25) is 0 Å². The monoisotopic (exact) mass is 364 g/mol. The highest BCUT2D eigenvalue weighted by Crippen LogP contribution is 2.49. The zero-order valence-electron chi connectivity index (χ0n) is 11.6. The first-order valence-corrected chi connectivity index (χ1v) is 7.86. The van der Waals surface area contributed by atoms with Crippen molar-refractivity contribution in [1.29, 1.82) is 0 Å². The summed E-state index contributed by atoms with van der Waals surface area (Å²) in [4.78, 5) is 11.0. The van der Waals surface area contributed by atoms with Crippen LogP contribution in [-0.2, 0) is 0 Å². The minimum Gasteiger partial charge on any atom is -0.477 e. The van der Waals surface area contributed by atoms with Crippen molar-refractivity contribution in [1.82, 2.24) is 10.2 Å². The molecule has 114 valence electrons. The highest BCUT2D eigenvalue weighted by atomic mass is 79.9. The van der Waals surface area contributed by atoms with Crippen molar-refractivity contribution in [2.45, 2.75) is 31.5 Å². The fourth-order valence-corrected chi connectivity index (χ4v) is 3.53. The summed E-state index contributed by atoms with van der Waals surface area (Å²) in [7, 11) is 0. The summed E-state index contributed by atoms with van der Waals surface area (Å²) in [6.45, 7) is 0. The first kappa shape index (κ1) is 13.6. The fraction of sp³-hybridized carbons (Fsp3) is 0.333. The molecule has 0 unspecified atom stereocenters. The standard InChI is InChI=1S/C15H13BrN2O4/c16-9-6-13-12(21-15(22-13)3-1-2-4-15)5-8(9)10-7-11(14(19)20)18-17-10/h5-7H,1-4H2,(H,17,18)(H,19,20). The van der Waals surface area contributed by atoms with E-state index < -0.39 is 11.8 Å². The lowest BCUT2D eigenvalue weighted by Gasteiger charge is -2.21. The van der Waals surface area contributed by atoms with E-state index >= 15 is 0 Å². The molecule has 22 heavy (non-hydrogen) atoms. The van der Waals surface area contributed by atoms with Gasteiger partial charge in [-0.1, -0.05) is 0 Å². The Balaban J connectivity index is 1.72. The molecule has 2 heterocycles. The number of hydrogen-bond acceptors (Lipinski definition) is 4. The summed E-state index contributed by atoms with van der Waals surface area (Å²) in [6.07, 6.45) is 3.98. The molecule has 1 aromatic heterocycles. The molecule has 0 atom stereocenters. The first-order valence-electron chi connectivity index (χ1n) is 7.07. The van der Waals surface area contributed by atoms with E-state index in [2.05, 4.69) is 26.1 Å². The van der Waals surface area contributed by atoms with E-state index in [4.69, 9.17) is 14.6 Å². The Hall–Kier alpha value is -2.02. The van der Waals surface area contributed by atoms with Crippen LogP contribution in [0.4, 0.5) is 0 Å². The van der Waals surface area contributed by atoms with E-state index in [1.165, 1.54) is 6.07 Å². The van der Waals surface area contributed by atoms with Crippen molar-refractivity contribution >= 4 is 21.9 Å². The second kappa shape index (κ2) is 4.74. The number of fused-ring (bicyclic) bond motifs is 1. The van der Waals surface area contributed by atoms with Crippen LogP contribution in [0.25, 0.3) is 11.3 Å². The maximum Gasteiger partial charge on any atom is 0.353 e. The molecule has 0 radical (unpaired) electrons. The molecule has 0 bridgehead atoms. The minimum atomic E-state index is -1.04. The minimum absolute atomic E-state index is 0.0480. The Morgan fingerprint density at radius 3 is 2.55 bits per heavy atom. The summed E-state index contributed by atoms with van der Waals surface area (Å²) >= 11 is 3.49. The van der Waals surface area contributed by atoms with Crippen LogP contribution >= 0.6 is 15.9 Å². The van der Waals surface area contributed by atoms with Gasteiger partial charge in [-0.2, -0.15) is 5.10 Å². The van der Waals surface area contributed by atoms with Gasteiger partial charge in [0.1, 0.15) is 5.69 Å². The number of H-pyrrole nitrogens is 1. The van der Waals surface area contributed by atoms with Crippen LogP contribution in [0.3, 0.4) is 0 Å². The van der Waals surface area contributed by atoms with Crippen molar-refractivity contribution in [2.75, 3.05) is 0 Å². The SMILES string of the molecule is O=C(O)c1cc(-c2cc3c(cc2Br)OC2(CCCC2)O3)n[nH]1. The number of aromatic amines is 1. The number of halogens is 1. The molecule has 1 aliphatic heterocycles. The van der Waals surface area contributed by atoms with Crippen molar-refractivity contribution in [3.8, 4) is 22.8 Å². The van der Waals surface area contributed by atoms with Crippen LogP contribution < -0.4 is 9.47 Å². The van der Waals surface area contributed by atoms with Crippen LogP contribution in [0, 0.1) is 0 Å². The lowest BCUT2D eigenvalue weighted by molar-refractivity contribution is -0.0716. The van der Waals surface area contributed by atoms with Crippen molar-refractivity contribution in [2.24, 2.45) is 0 Å². The third kappa shape index (κ3) is 2.08. The van der Waals surface area contributed by atoms with Gasteiger partial charge in [-0.25, -0.2) is 4.79 Å². The molecule has 1 saturated carbocycles. The zero-order valence-corrected chi connectivity index (χ0v) is 13.1. The van der Waals surface area contributed by atoms with Crippen molar-refractivity contribution in [3.63, 3.8) is 0 Å². The van der Waals surface area contributed by atoms with Crippen molar-refractivity contribution in [3.05, 3.63) is 28.4 Å². The van der Waals surface area contributed by atoms with Gasteiger partial charge in [0.15, 0.2) is 11.5 Å². The largest absolute Gasteiger partial charge is 0.477 e. The maximum atomic E-state index is 11.0. The number of carboxylic acid groups (broad SMARTS) is 1. The Kier molecular flexibility index (Phi) is 2.94. The Morgan fingerprint density at radius 2 is 1.91 bits per heavy atom. The number of rotatable bonds is 2. The molecular weight excluding hydrogens is 352 g/mol. The normalized spacial score (nSPS) is 18.0. The van der Waals surface area contributed by atoms with E-state index in [1.54, 1.807) is 0 Å². The molecule has 2 aliphatic rings. The van der Waals surface area contributed by atoms with Crippen molar-refractivity contribution < 1.29 is 19.4 Å². The molecular formula is C15H13BrN2O4. The number of nitrogens with zero attached hydrogens (tertiary/aromatic N) is 1. The van der Waals surface area contributed by atoms with Gasteiger partial charge in [-0.3, -0.25) is 5.10 Å². The topological polar surface area (TPSA) is 84.4 Å². The van der Waals surface area contributed by atoms with E-state index in [9.17, 15) is 4.79 Å². The van der Waals surface area contributed by atoms with Crippen LogP contribution in [0.2, 0.25) is 0 Å². The number of carbonyl (C=O) groups is 1. The first-order chi connectivity index (χ1) is 10.6. The number of hydrogen-bond donors (Lipinski definition) is 2. The average Bonchev–Trinajstić information content (AvgIpc) is 3.18. The molecule has 4 rings (SSSR count). The number of aromatic nitrogens is 2. The summed E-state index contributed by atoms with van der Waals surface area (Å²) in [5, 5.41) is 15.5. The Labute approximate surface area is 134 Å². The number of carboxylic acids is 1. The highest BCUT2D eigenvalue weighted by Gasteiger charge is 2.44. The summed E-state index contributed by atoms with van der Waals surface area (Å²) in [5.41, 5.74) is 1.36. The predicted octanol–water partition coefficient (Wildman–Crippen LogP) is 3.58. The molecule has 2 N–H and O–H groups in total. The van der Waals surface area contributed by atoms with Crippen LogP contribution in [0.1, 0.15) is 36.2 Å². The zero-order chi connectivity index (χ0) is 15.3. The number of aromatic carboxylic acids is 1. The van der Waals surface area contributed by atoms with Gasteiger partial charge in [0.25, 0.3) is 5.79 Å². The average molecular weight is 365 g/mol. The summed E-state index contributed by atoms with van der Waals surface area (Å²) in [6, 6.07) is 5.19. The number of ether oxygens (including phenoxy) is 2. The van der Waals surface area contributed by atoms with Gasteiger partial charge in [0.05, 0.1) is 5.69 Å². The van der Waals surface area contributed by atoms with E-state index in [0.29, 0.717) is 17.2 Å². The molecule has 7 heteroatoms. The molecule has 2 aromatic rings. The predicted molar refractivity (Wildman–Crippen MR) is 81.1 cm³/mol. The fourth-order valence-electron chi connectivity index (χ4n) is 3.00. The van der Waals surface area contributed by atoms with E-state index in [-0.39, 0.29) is 5.69 Å². The Bertz CT molecular complexity index is 765. The quantitative estimate of drug-likeness (QED) is 0.850. The van der Waals surface area contributed by atoms with Crippen LogP contribution in [0.5, 0.6) is 11.5 Å². The third-order valence-electron chi connectivity index (χ3n) is 4.07. The Morgan fingerprint density at radius 1 is 1.23 bits per heavy atom. The molecule has 0 saturated heterocycles. The molecule has 1 fully saturated rings. The van der Waals surface area contributed by atoms with Crippen LogP contribution in [0.15, 0.2) is 22.7 Å². The van der Waals surface area contributed by atoms with E-state index in [1.807, 2.05) is 12.1 Å². The lowest BCUT2D eigenvalue weighted by atomic mass is 10.1. The van der Waals surface area contributed by atoms with Gasteiger partial charge >= 0.3 is 5.97 Å². The lowest BCUT2D eigenvalue weighted by Crippen LogP contribution is -2.34. The van der Waals surface area contributed by atoms with Gasteiger partial charge in [-0.05, 0) is 47.0 Å². The third-order valence-corrected chi connectivity index (χ3v) is 4.73. The van der Waals surface area contributed by atoms with Gasteiger partial charge in [-0.15, -0.1) is 0 Å². The van der Waals surface area contributed by atoms with E-state index in [0.717, 1.165) is 35.7 Å². The second-order valence-corrected chi connectivity index (χ2v) is 6.43.